The van der Waals surface area contributed by atoms with Crippen molar-refractivity contribution < 1.29 is 14.3 Å². The molecule has 0 aliphatic rings. The van der Waals surface area contributed by atoms with Crippen molar-refractivity contribution in [3.05, 3.63) is 57.7 Å². The van der Waals surface area contributed by atoms with E-state index in [0.717, 1.165) is 5.56 Å². The van der Waals surface area contributed by atoms with Gasteiger partial charge in [-0.2, -0.15) is 0 Å². The summed E-state index contributed by atoms with van der Waals surface area (Å²) in [5, 5.41) is 4.29. The molecule has 2 rings (SSSR count). The first-order valence-corrected chi connectivity index (χ1v) is 9.76. The molecule has 0 saturated carbocycles. The summed E-state index contributed by atoms with van der Waals surface area (Å²) < 4.78 is 5.27. The van der Waals surface area contributed by atoms with Gasteiger partial charge in [-0.25, -0.2) is 9.78 Å². The van der Waals surface area contributed by atoms with E-state index < -0.39 is 18.0 Å². The van der Waals surface area contributed by atoms with Gasteiger partial charge in [-0.15, -0.1) is 11.8 Å². The van der Waals surface area contributed by atoms with Crippen LogP contribution in [-0.4, -0.2) is 29.2 Å². The summed E-state index contributed by atoms with van der Waals surface area (Å²) in [6.45, 7) is 3.30. The van der Waals surface area contributed by atoms with E-state index in [0.29, 0.717) is 20.6 Å². The minimum Gasteiger partial charge on any atom is -0.449 e. The number of nitrogens with zero attached hydrogens (tertiary/aromatic N) is 1. The van der Waals surface area contributed by atoms with Crippen molar-refractivity contribution in [3.63, 3.8) is 0 Å². The Labute approximate surface area is 166 Å². The number of carbonyl (C=O) groups is 2. The maximum atomic E-state index is 12.3. The van der Waals surface area contributed by atoms with E-state index in [1.54, 1.807) is 43.5 Å². The van der Waals surface area contributed by atoms with Crippen molar-refractivity contribution in [2.45, 2.75) is 31.0 Å². The molecule has 0 aliphatic carbocycles. The topological polar surface area (TPSA) is 68.3 Å². The summed E-state index contributed by atoms with van der Waals surface area (Å²) in [6.07, 6.45) is 2.44. The van der Waals surface area contributed by atoms with Gasteiger partial charge in [0.25, 0.3) is 5.91 Å². The first-order chi connectivity index (χ1) is 12.3. The molecular formula is C18H18Cl2N2O3S. The van der Waals surface area contributed by atoms with Crippen LogP contribution < -0.4 is 5.32 Å². The number of carbonyl (C=O) groups excluding carboxylic acids is 2. The number of amides is 1. The number of ether oxygens (including phenoxy) is 1. The van der Waals surface area contributed by atoms with Crippen LogP contribution in [0.15, 0.2) is 41.6 Å². The Bertz CT molecular complexity index is 817. The lowest BCUT2D eigenvalue weighted by Gasteiger charge is -2.19. The summed E-state index contributed by atoms with van der Waals surface area (Å²) >= 11 is 13.4. The predicted octanol–water partition coefficient (Wildman–Crippen LogP) is 4.53. The van der Waals surface area contributed by atoms with Gasteiger partial charge in [-0.3, -0.25) is 4.79 Å². The lowest BCUT2D eigenvalue weighted by molar-refractivity contribution is -0.129. The fraction of sp³-hybridized carbons (Fsp3) is 0.278. The van der Waals surface area contributed by atoms with Crippen molar-refractivity contribution in [1.29, 1.82) is 0 Å². The second-order valence-electron chi connectivity index (χ2n) is 5.50. The molecule has 1 N–H and O–H groups in total. The van der Waals surface area contributed by atoms with Crippen LogP contribution in [0.25, 0.3) is 0 Å². The minimum absolute atomic E-state index is 0.327. The molecule has 0 bridgehead atoms. The lowest BCUT2D eigenvalue weighted by atomic mass is 10.1. The fourth-order valence-electron chi connectivity index (χ4n) is 2.25. The third-order valence-corrected chi connectivity index (χ3v) is 4.90. The summed E-state index contributed by atoms with van der Waals surface area (Å²) in [7, 11) is 0. The standard InChI is InChI=1S/C18H18Cl2N2O3S/c1-10(13-7-6-12(19)9-15(13)20)22-16(23)11(2)25-18(24)14-5-4-8-21-17(14)26-3/h4-11H,1-3H3,(H,22,23)/t10-,11-/m1/s1. The molecule has 1 aromatic heterocycles. The molecule has 0 spiro atoms. The summed E-state index contributed by atoms with van der Waals surface area (Å²) in [5.74, 6) is -1.02. The van der Waals surface area contributed by atoms with Gasteiger partial charge in [0.15, 0.2) is 6.10 Å². The molecule has 5 nitrogen and oxygen atoms in total. The number of halogens is 2. The van der Waals surface area contributed by atoms with Crippen LogP contribution in [0.2, 0.25) is 10.0 Å². The molecular weight excluding hydrogens is 395 g/mol. The zero-order chi connectivity index (χ0) is 19.3. The van der Waals surface area contributed by atoms with Crippen LogP contribution in [0.4, 0.5) is 0 Å². The van der Waals surface area contributed by atoms with Crippen LogP contribution in [0.3, 0.4) is 0 Å². The molecule has 2 aromatic rings. The van der Waals surface area contributed by atoms with Gasteiger partial charge in [0.05, 0.1) is 11.6 Å². The van der Waals surface area contributed by atoms with Crippen molar-refractivity contribution in [2.75, 3.05) is 6.26 Å². The largest absolute Gasteiger partial charge is 0.449 e. The van der Waals surface area contributed by atoms with Gasteiger partial charge in [0.2, 0.25) is 0 Å². The first-order valence-electron chi connectivity index (χ1n) is 7.78. The van der Waals surface area contributed by atoms with E-state index in [2.05, 4.69) is 10.3 Å². The lowest BCUT2D eigenvalue weighted by Crippen LogP contribution is -2.37. The zero-order valence-electron chi connectivity index (χ0n) is 14.5. The molecule has 26 heavy (non-hydrogen) atoms. The number of hydrogen-bond donors (Lipinski definition) is 1. The minimum atomic E-state index is -0.967. The van der Waals surface area contributed by atoms with Gasteiger partial charge in [0.1, 0.15) is 5.03 Å². The second-order valence-corrected chi connectivity index (χ2v) is 7.14. The summed E-state index contributed by atoms with van der Waals surface area (Å²) in [6, 6.07) is 7.94. The van der Waals surface area contributed by atoms with Crippen LogP contribution in [0.5, 0.6) is 0 Å². The average Bonchev–Trinajstić information content (AvgIpc) is 2.61. The Morgan fingerprint density at radius 2 is 1.96 bits per heavy atom. The maximum Gasteiger partial charge on any atom is 0.341 e. The molecule has 1 amide bonds. The van der Waals surface area contributed by atoms with Gasteiger partial charge in [-0.1, -0.05) is 29.3 Å². The van der Waals surface area contributed by atoms with Gasteiger partial charge < -0.3 is 10.1 Å². The molecule has 0 unspecified atom stereocenters. The average molecular weight is 413 g/mol. The van der Waals surface area contributed by atoms with Gasteiger partial charge in [-0.05, 0) is 49.9 Å². The third-order valence-electron chi connectivity index (χ3n) is 3.63. The normalized spacial score (nSPS) is 13.0. The molecule has 8 heteroatoms. The number of nitrogens with one attached hydrogen (secondary N) is 1. The summed E-state index contributed by atoms with van der Waals surface area (Å²) in [5.41, 5.74) is 1.05. The molecule has 0 aliphatic heterocycles. The Morgan fingerprint density at radius 3 is 2.62 bits per heavy atom. The molecule has 138 valence electrons. The molecule has 0 saturated heterocycles. The highest BCUT2D eigenvalue weighted by molar-refractivity contribution is 7.98. The molecule has 2 atom stereocenters. The number of thioether (sulfide) groups is 1. The Morgan fingerprint density at radius 1 is 1.23 bits per heavy atom. The Hall–Kier alpha value is -1.76. The third kappa shape index (κ3) is 5.13. The quantitative estimate of drug-likeness (QED) is 0.557. The van der Waals surface area contributed by atoms with Gasteiger partial charge >= 0.3 is 5.97 Å². The number of aromatic nitrogens is 1. The van der Waals surface area contributed by atoms with Crippen LogP contribution in [0, 0.1) is 0 Å². The number of pyridine rings is 1. The number of esters is 1. The monoisotopic (exact) mass is 412 g/mol. The smallest absolute Gasteiger partial charge is 0.341 e. The van der Waals surface area contributed by atoms with E-state index in [1.165, 1.54) is 18.7 Å². The van der Waals surface area contributed by atoms with Crippen molar-refractivity contribution in [1.82, 2.24) is 10.3 Å². The number of rotatable bonds is 6. The highest BCUT2D eigenvalue weighted by atomic mass is 35.5. The maximum absolute atomic E-state index is 12.3. The van der Waals surface area contributed by atoms with Crippen LogP contribution in [0.1, 0.15) is 35.8 Å². The van der Waals surface area contributed by atoms with E-state index >= 15 is 0 Å². The van der Waals surface area contributed by atoms with Crippen LogP contribution >= 0.6 is 35.0 Å². The van der Waals surface area contributed by atoms with Crippen molar-refractivity contribution in [3.8, 4) is 0 Å². The Balaban J connectivity index is 2.01. The van der Waals surface area contributed by atoms with Crippen molar-refractivity contribution in [2.24, 2.45) is 0 Å². The van der Waals surface area contributed by atoms with Crippen LogP contribution in [-0.2, 0) is 9.53 Å². The summed E-state index contributed by atoms with van der Waals surface area (Å²) in [4.78, 5) is 28.8. The molecule has 0 fully saturated rings. The first kappa shape index (κ1) is 20.6. The molecule has 0 radical (unpaired) electrons. The van der Waals surface area contributed by atoms with Gasteiger partial charge in [0, 0.05) is 16.2 Å². The van der Waals surface area contributed by atoms with Crippen molar-refractivity contribution >= 4 is 46.8 Å². The molecule has 1 aromatic carbocycles. The Kier molecular flexibility index (Phi) is 7.32. The molecule has 1 heterocycles. The SMILES string of the molecule is CSc1ncccc1C(=O)O[C@H](C)C(=O)N[C@H](C)c1ccc(Cl)cc1Cl. The van der Waals surface area contributed by atoms with E-state index in [9.17, 15) is 9.59 Å². The number of benzene rings is 1. The highest BCUT2D eigenvalue weighted by Crippen LogP contribution is 2.26. The van der Waals surface area contributed by atoms with E-state index in [-0.39, 0.29) is 6.04 Å². The predicted molar refractivity (Wildman–Crippen MR) is 104 cm³/mol. The van der Waals surface area contributed by atoms with E-state index in [1.807, 2.05) is 6.26 Å². The zero-order valence-corrected chi connectivity index (χ0v) is 16.8. The second kappa shape index (κ2) is 9.26. The fourth-order valence-corrected chi connectivity index (χ4v) is 3.36. The highest BCUT2D eigenvalue weighted by Gasteiger charge is 2.23. The number of hydrogen-bond acceptors (Lipinski definition) is 5. The van der Waals surface area contributed by atoms with E-state index in [4.69, 9.17) is 27.9 Å².